The van der Waals surface area contributed by atoms with E-state index in [1.807, 2.05) is 0 Å². The number of carboxylic acid groups (broad SMARTS) is 1. The Morgan fingerprint density at radius 1 is 1.60 bits per heavy atom. The fourth-order valence-electron chi connectivity index (χ4n) is 1.37. The Morgan fingerprint density at radius 2 is 2.27 bits per heavy atom. The van der Waals surface area contributed by atoms with Gasteiger partial charge in [-0.3, -0.25) is 4.79 Å². The van der Waals surface area contributed by atoms with E-state index in [0.717, 1.165) is 0 Å². The highest BCUT2D eigenvalue weighted by molar-refractivity contribution is 9.10. The quantitative estimate of drug-likeness (QED) is 0.855. The van der Waals surface area contributed by atoms with Crippen LogP contribution in [0.3, 0.4) is 0 Å². The third-order valence-electron chi connectivity index (χ3n) is 2.07. The molecular formula is C9H6BrNO4. The monoisotopic (exact) mass is 271 g/mol. The van der Waals surface area contributed by atoms with Crippen molar-refractivity contribution in [2.45, 2.75) is 0 Å². The Kier molecular flexibility index (Phi) is 2.15. The van der Waals surface area contributed by atoms with E-state index in [1.165, 1.54) is 10.8 Å². The van der Waals surface area contributed by atoms with Gasteiger partial charge in [0, 0.05) is 19.3 Å². The Bertz CT molecular complexity index is 610. The lowest BCUT2D eigenvalue weighted by Gasteiger charge is -2.00. The van der Waals surface area contributed by atoms with Gasteiger partial charge in [-0.2, -0.15) is 0 Å². The summed E-state index contributed by atoms with van der Waals surface area (Å²) in [6, 6.07) is 1.61. The number of carboxylic acids is 1. The maximum Gasteiger partial charge on any atom is 0.341 e. The largest absolute Gasteiger partial charge is 0.477 e. The summed E-state index contributed by atoms with van der Waals surface area (Å²) in [6.45, 7) is 0. The molecule has 0 atom stereocenters. The number of fused-ring (bicyclic) bond motifs is 1. The van der Waals surface area contributed by atoms with Crippen LogP contribution in [0.25, 0.3) is 11.1 Å². The molecule has 0 saturated heterocycles. The average Bonchev–Trinajstić information content (AvgIpc) is 2.53. The zero-order valence-corrected chi connectivity index (χ0v) is 9.24. The van der Waals surface area contributed by atoms with Gasteiger partial charge in [-0.05, 0) is 15.9 Å². The Labute approximate surface area is 92.1 Å². The van der Waals surface area contributed by atoms with Gasteiger partial charge in [0.2, 0.25) is 5.43 Å². The molecule has 0 bridgehead atoms. The van der Waals surface area contributed by atoms with Crippen molar-refractivity contribution in [1.82, 2.24) is 4.57 Å². The molecule has 78 valence electrons. The van der Waals surface area contributed by atoms with E-state index in [-0.39, 0.29) is 11.1 Å². The fraction of sp³-hybridized carbons (Fsp3) is 0.111. The number of nitrogens with zero attached hydrogens (tertiary/aromatic N) is 1. The van der Waals surface area contributed by atoms with Gasteiger partial charge in [0.05, 0.1) is 5.52 Å². The molecule has 0 aliphatic rings. The molecule has 5 nitrogen and oxygen atoms in total. The lowest BCUT2D eigenvalue weighted by Crippen LogP contribution is -2.16. The minimum absolute atomic E-state index is 0.0456. The van der Waals surface area contributed by atoms with Crippen LogP contribution in [0.1, 0.15) is 10.4 Å². The first-order chi connectivity index (χ1) is 7.00. The molecule has 0 aliphatic carbocycles. The van der Waals surface area contributed by atoms with Gasteiger partial charge in [0.1, 0.15) is 5.56 Å². The molecule has 0 unspecified atom stereocenters. The van der Waals surface area contributed by atoms with Crippen LogP contribution in [0.4, 0.5) is 0 Å². The number of rotatable bonds is 1. The van der Waals surface area contributed by atoms with Gasteiger partial charge in [0.25, 0.3) is 0 Å². The van der Waals surface area contributed by atoms with E-state index < -0.39 is 11.4 Å². The normalized spacial score (nSPS) is 10.8. The standard InChI is InChI=1S/C9H6BrNO4/c1-11-3-4(9(13)14)7(12)8-5(11)2-6(10)15-8/h2-3H,1H3,(H,13,14). The summed E-state index contributed by atoms with van der Waals surface area (Å²) in [4.78, 5) is 22.4. The van der Waals surface area contributed by atoms with Crippen molar-refractivity contribution >= 4 is 33.0 Å². The van der Waals surface area contributed by atoms with E-state index >= 15 is 0 Å². The summed E-state index contributed by atoms with van der Waals surface area (Å²) in [5.74, 6) is -1.26. The van der Waals surface area contributed by atoms with Gasteiger partial charge in [-0.25, -0.2) is 4.79 Å². The van der Waals surface area contributed by atoms with Gasteiger partial charge >= 0.3 is 5.97 Å². The lowest BCUT2D eigenvalue weighted by atomic mass is 10.2. The van der Waals surface area contributed by atoms with E-state index in [2.05, 4.69) is 15.9 Å². The molecule has 0 spiro atoms. The molecule has 1 N–H and O–H groups in total. The molecule has 2 aromatic rings. The highest BCUT2D eigenvalue weighted by Crippen LogP contribution is 2.20. The highest BCUT2D eigenvalue weighted by atomic mass is 79.9. The summed E-state index contributed by atoms with van der Waals surface area (Å²) < 4.78 is 7.02. The maximum absolute atomic E-state index is 11.6. The highest BCUT2D eigenvalue weighted by Gasteiger charge is 2.16. The number of aromatic carboxylic acids is 1. The molecular weight excluding hydrogens is 266 g/mol. The molecule has 2 rings (SSSR count). The molecule has 0 radical (unpaired) electrons. The molecule has 2 aromatic heterocycles. The number of furan rings is 1. The Morgan fingerprint density at radius 3 is 2.87 bits per heavy atom. The predicted octanol–water partition coefficient (Wildman–Crippen LogP) is 1.59. The van der Waals surface area contributed by atoms with Crippen LogP contribution in [0.5, 0.6) is 0 Å². The van der Waals surface area contributed by atoms with Gasteiger partial charge in [-0.15, -0.1) is 0 Å². The van der Waals surface area contributed by atoms with Crippen LogP contribution in [0.15, 0.2) is 26.1 Å². The van der Waals surface area contributed by atoms with E-state index in [9.17, 15) is 9.59 Å². The second kappa shape index (κ2) is 3.23. The minimum Gasteiger partial charge on any atom is -0.477 e. The number of carbonyl (C=O) groups is 1. The Hall–Kier alpha value is -1.56. The lowest BCUT2D eigenvalue weighted by molar-refractivity contribution is 0.0694. The van der Waals surface area contributed by atoms with Crippen molar-refractivity contribution in [1.29, 1.82) is 0 Å². The summed E-state index contributed by atoms with van der Waals surface area (Å²) >= 11 is 3.09. The molecule has 0 aromatic carbocycles. The van der Waals surface area contributed by atoms with Crippen molar-refractivity contribution < 1.29 is 14.3 Å². The fourth-order valence-corrected chi connectivity index (χ4v) is 1.75. The average molecular weight is 272 g/mol. The molecule has 0 aliphatic heterocycles. The summed E-state index contributed by atoms with van der Waals surface area (Å²) in [5, 5.41) is 8.79. The summed E-state index contributed by atoms with van der Waals surface area (Å²) in [7, 11) is 1.65. The number of aryl methyl sites for hydroxylation is 1. The van der Waals surface area contributed by atoms with Crippen molar-refractivity contribution in [3.8, 4) is 0 Å². The molecule has 2 heterocycles. The second-order valence-corrected chi connectivity index (χ2v) is 3.83. The van der Waals surface area contributed by atoms with E-state index in [1.54, 1.807) is 13.1 Å². The molecule has 0 amide bonds. The molecule has 0 fully saturated rings. The van der Waals surface area contributed by atoms with Crippen LogP contribution in [0, 0.1) is 0 Å². The van der Waals surface area contributed by atoms with E-state index in [0.29, 0.717) is 10.2 Å². The summed E-state index contributed by atoms with van der Waals surface area (Å²) in [5.41, 5.74) is -0.311. The minimum atomic E-state index is -1.26. The zero-order valence-electron chi connectivity index (χ0n) is 7.65. The summed E-state index contributed by atoms with van der Waals surface area (Å²) in [6.07, 6.45) is 1.27. The first kappa shape index (κ1) is 9.97. The second-order valence-electron chi connectivity index (χ2n) is 3.05. The number of hydrogen-bond donors (Lipinski definition) is 1. The Balaban J connectivity index is 2.96. The molecule has 15 heavy (non-hydrogen) atoms. The van der Waals surface area contributed by atoms with Crippen LogP contribution in [-0.2, 0) is 7.05 Å². The van der Waals surface area contributed by atoms with Crippen LogP contribution >= 0.6 is 15.9 Å². The van der Waals surface area contributed by atoms with Crippen molar-refractivity contribution in [2.75, 3.05) is 0 Å². The van der Waals surface area contributed by atoms with Gasteiger partial charge < -0.3 is 14.1 Å². The van der Waals surface area contributed by atoms with Gasteiger partial charge in [0.15, 0.2) is 10.3 Å². The van der Waals surface area contributed by atoms with Crippen LogP contribution < -0.4 is 5.43 Å². The third-order valence-corrected chi connectivity index (χ3v) is 2.46. The first-order valence-electron chi connectivity index (χ1n) is 4.02. The molecule has 0 saturated carbocycles. The number of halogens is 1. The molecule has 6 heteroatoms. The van der Waals surface area contributed by atoms with Crippen LogP contribution in [-0.4, -0.2) is 15.6 Å². The van der Waals surface area contributed by atoms with Gasteiger partial charge in [-0.1, -0.05) is 0 Å². The van der Waals surface area contributed by atoms with E-state index in [4.69, 9.17) is 9.52 Å². The number of hydrogen-bond acceptors (Lipinski definition) is 3. The number of pyridine rings is 1. The topological polar surface area (TPSA) is 72.4 Å². The SMILES string of the molecule is Cn1cc(C(=O)O)c(=O)c2oc(Br)cc21. The maximum atomic E-state index is 11.6. The predicted molar refractivity (Wildman–Crippen MR) is 56.1 cm³/mol. The smallest absolute Gasteiger partial charge is 0.341 e. The third kappa shape index (κ3) is 1.46. The van der Waals surface area contributed by atoms with Crippen molar-refractivity contribution in [2.24, 2.45) is 7.05 Å². The van der Waals surface area contributed by atoms with Crippen molar-refractivity contribution in [3.05, 3.63) is 32.7 Å². The zero-order chi connectivity index (χ0) is 11.2. The van der Waals surface area contributed by atoms with Crippen LogP contribution in [0.2, 0.25) is 0 Å². The van der Waals surface area contributed by atoms with Crippen molar-refractivity contribution in [3.63, 3.8) is 0 Å². The number of aromatic nitrogens is 1. The first-order valence-corrected chi connectivity index (χ1v) is 4.82.